The number of ether oxygens (including phenoxy) is 1. The van der Waals surface area contributed by atoms with E-state index in [1.807, 2.05) is 0 Å². The van der Waals surface area contributed by atoms with Gasteiger partial charge < -0.3 is 9.15 Å². The van der Waals surface area contributed by atoms with Gasteiger partial charge in [-0.1, -0.05) is 46.8 Å². The predicted molar refractivity (Wildman–Crippen MR) is 127 cm³/mol. The molecule has 0 saturated carbocycles. The third kappa shape index (κ3) is 2.97. The number of benzene rings is 2. The van der Waals surface area contributed by atoms with Crippen molar-refractivity contribution in [2.45, 2.75) is 60.8 Å². The molecule has 0 amide bonds. The van der Waals surface area contributed by atoms with Crippen LogP contribution >= 0.6 is 0 Å². The Hall–Kier alpha value is -2.81. The number of hydrogen-bond donors (Lipinski definition) is 0. The SMILES string of the molecule is Cc1cc2cc(CC(C)(C)C)cc3c2c(c1C)-c1c(c(C(C)C)c2occc2[n+]1C)O3. The van der Waals surface area contributed by atoms with Gasteiger partial charge in [-0.2, -0.15) is 4.57 Å². The molecule has 31 heavy (non-hydrogen) atoms. The van der Waals surface area contributed by atoms with Crippen LogP contribution in [0.15, 0.2) is 34.9 Å². The number of fused-ring (bicyclic) bond motifs is 3. The van der Waals surface area contributed by atoms with Crippen molar-refractivity contribution in [3.63, 3.8) is 0 Å². The van der Waals surface area contributed by atoms with Gasteiger partial charge in [0.1, 0.15) is 12.8 Å². The number of rotatable bonds is 2. The maximum Gasteiger partial charge on any atom is 0.257 e. The summed E-state index contributed by atoms with van der Waals surface area (Å²) in [6.07, 6.45) is 2.80. The Bertz CT molecular complexity index is 1370. The second kappa shape index (κ2) is 6.59. The van der Waals surface area contributed by atoms with Gasteiger partial charge in [-0.25, -0.2) is 0 Å². The second-order valence-electron chi connectivity index (χ2n) is 10.7. The summed E-state index contributed by atoms with van der Waals surface area (Å²) in [5.41, 5.74) is 9.78. The third-order valence-electron chi connectivity index (χ3n) is 6.59. The van der Waals surface area contributed by atoms with Gasteiger partial charge in [0, 0.05) is 11.5 Å². The molecule has 0 spiro atoms. The molecule has 2 aromatic carbocycles. The fourth-order valence-electron chi connectivity index (χ4n) is 5.19. The lowest BCUT2D eigenvalue weighted by Crippen LogP contribution is -2.34. The van der Waals surface area contributed by atoms with Crippen molar-refractivity contribution in [2.24, 2.45) is 12.5 Å². The van der Waals surface area contributed by atoms with E-state index in [9.17, 15) is 0 Å². The van der Waals surface area contributed by atoms with Crippen LogP contribution in [0.5, 0.6) is 11.5 Å². The average Bonchev–Trinajstić information content (AvgIpc) is 3.13. The lowest BCUT2D eigenvalue weighted by Gasteiger charge is -2.26. The minimum absolute atomic E-state index is 0.214. The molecule has 0 unspecified atom stereocenters. The van der Waals surface area contributed by atoms with Gasteiger partial charge in [-0.3, -0.25) is 0 Å². The normalized spacial score (nSPS) is 13.2. The van der Waals surface area contributed by atoms with Crippen LogP contribution in [0.1, 0.15) is 62.8 Å². The molecule has 0 aliphatic carbocycles. The van der Waals surface area contributed by atoms with Gasteiger partial charge in [0.15, 0.2) is 0 Å². The monoisotopic (exact) mass is 414 g/mol. The molecule has 3 heterocycles. The zero-order valence-corrected chi connectivity index (χ0v) is 19.9. The first kappa shape index (κ1) is 20.1. The van der Waals surface area contributed by atoms with Gasteiger partial charge in [-0.15, -0.1) is 0 Å². The van der Waals surface area contributed by atoms with Crippen molar-refractivity contribution < 1.29 is 13.7 Å². The number of aryl methyl sites for hydroxylation is 2. The lowest BCUT2D eigenvalue weighted by atomic mass is 9.84. The number of hydrogen-bond acceptors (Lipinski definition) is 2. The summed E-state index contributed by atoms with van der Waals surface area (Å²) in [5.74, 6) is 2.19. The van der Waals surface area contributed by atoms with E-state index >= 15 is 0 Å². The van der Waals surface area contributed by atoms with Crippen LogP contribution in [0, 0.1) is 19.3 Å². The second-order valence-corrected chi connectivity index (χ2v) is 10.7. The van der Waals surface area contributed by atoms with Crippen LogP contribution in [0.4, 0.5) is 0 Å². The molecule has 0 saturated heterocycles. The Morgan fingerprint density at radius 3 is 2.48 bits per heavy atom. The highest BCUT2D eigenvalue weighted by Crippen LogP contribution is 2.51. The number of aromatic nitrogens is 1. The highest BCUT2D eigenvalue weighted by Gasteiger charge is 2.36. The molecule has 0 fully saturated rings. The molecule has 0 bridgehead atoms. The van der Waals surface area contributed by atoms with Crippen molar-refractivity contribution in [3.05, 3.63) is 52.8 Å². The molecule has 3 nitrogen and oxygen atoms in total. The summed E-state index contributed by atoms with van der Waals surface area (Å²) >= 11 is 0. The standard InChI is InChI=1S/C28H32NO2/c1-15(2)22-26-20(9-10-30-26)29(8)25-23-17(4)16(3)11-19-12-18(14-28(5,6)7)13-21(24(19)23)31-27(22)25/h9-13,15H,14H2,1-8H3/q+1. The van der Waals surface area contributed by atoms with Crippen LogP contribution in [0.3, 0.4) is 0 Å². The summed E-state index contributed by atoms with van der Waals surface area (Å²) in [6, 6.07) is 8.99. The minimum atomic E-state index is 0.214. The lowest BCUT2D eigenvalue weighted by molar-refractivity contribution is -0.634. The smallest absolute Gasteiger partial charge is 0.257 e. The molecule has 0 atom stereocenters. The molecular formula is C28H32NO2+. The average molecular weight is 415 g/mol. The Kier molecular flexibility index (Phi) is 4.28. The molecule has 2 aromatic heterocycles. The molecule has 4 aromatic rings. The Labute approximate surface area is 184 Å². The van der Waals surface area contributed by atoms with Gasteiger partial charge in [0.05, 0.1) is 17.4 Å². The molecule has 0 radical (unpaired) electrons. The van der Waals surface area contributed by atoms with Gasteiger partial charge in [0.2, 0.25) is 11.3 Å². The first-order chi connectivity index (χ1) is 14.6. The van der Waals surface area contributed by atoms with Crippen LogP contribution in [0.2, 0.25) is 0 Å². The quantitative estimate of drug-likeness (QED) is 0.279. The molecule has 5 rings (SSSR count). The zero-order valence-electron chi connectivity index (χ0n) is 19.9. The van der Waals surface area contributed by atoms with Crippen molar-refractivity contribution in [1.29, 1.82) is 0 Å². The van der Waals surface area contributed by atoms with Crippen LogP contribution < -0.4 is 9.30 Å². The Morgan fingerprint density at radius 2 is 1.81 bits per heavy atom. The number of nitrogens with zero attached hydrogens (tertiary/aromatic N) is 1. The van der Waals surface area contributed by atoms with Crippen molar-refractivity contribution in [3.8, 4) is 22.8 Å². The van der Waals surface area contributed by atoms with E-state index in [1.54, 1.807) is 6.26 Å². The molecule has 160 valence electrons. The maximum absolute atomic E-state index is 6.77. The predicted octanol–water partition coefficient (Wildman–Crippen LogP) is 7.51. The fourth-order valence-corrected chi connectivity index (χ4v) is 5.19. The molecule has 0 N–H and O–H groups in total. The van der Waals surface area contributed by atoms with E-state index in [0.29, 0.717) is 0 Å². The van der Waals surface area contributed by atoms with Gasteiger partial charge in [-0.05, 0) is 59.7 Å². The van der Waals surface area contributed by atoms with Crippen molar-refractivity contribution >= 4 is 21.9 Å². The van der Waals surface area contributed by atoms with Gasteiger partial charge >= 0.3 is 0 Å². The van der Waals surface area contributed by atoms with Gasteiger partial charge in [0.25, 0.3) is 11.2 Å². The third-order valence-corrected chi connectivity index (χ3v) is 6.59. The van der Waals surface area contributed by atoms with E-state index < -0.39 is 0 Å². The molecule has 3 heteroatoms. The summed E-state index contributed by atoms with van der Waals surface area (Å²) in [5, 5.41) is 2.49. The summed E-state index contributed by atoms with van der Waals surface area (Å²) in [4.78, 5) is 0. The molecule has 1 aliphatic rings. The fraction of sp³-hybridized carbons (Fsp3) is 0.393. The Morgan fingerprint density at radius 1 is 1.06 bits per heavy atom. The molecular weight excluding hydrogens is 382 g/mol. The van der Waals surface area contributed by atoms with E-state index in [0.717, 1.165) is 40.3 Å². The van der Waals surface area contributed by atoms with E-state index in [-0.39, 0.29) is 11.3 Å². The van der Waals surface area contributed by atoms with Crippen LogP contribution in [-0.2, 0) is 13.5 Å². The molecule has 1 aliphatic heterocycles. The zero-order chi connectivity index (χ0) is 22.2. The summed E-state index contributed by atoms with van der Waals surface area (Å²) in [6.45, 7) is 15.7. The highest BCUT2D eigenvalue weighted by atomic mass is 16.5. The highest BCUT2D eigenvalue weighted by molar-refractivity contribution is 6.06. The minimum Gasteiger partial charge on any atom is -0.457 e. The first-order valence-electron chi connectivity index (χ1n) is 11.2. The van der Waals surface area contributed by atoms with Crippen LogP contribution in [-0.4, -0.2) is 0 Å². The Balaban J connectivity index is 1.93. The number of furan rings is 1. The van der Waals surface area contributed by atoms with E-state index in [4.69, 9.17) is 9.15 Å². The summed E-state index contributed by atoms with van der Waals surface area (Å²) in [7, 11) is 2.12. The first-order valence-corrected chi connectivity index (χ1v) is 11.2. The maximum atomic E-state index is 6.77. The van der Waals surface area contributed by atoms with E-state index in [1.165, 1.54) is 33.0 Å². The van der Waals surface area contributed by atoms with Crippen LogP contribution in [0.25, 0.3) is 33.1 Å². The van der Waals surface area contributed by atoms with E-state index in [2.05, 4.69) is 84.3 Å². The van der Waals surface area contributed by atoms with Crippen molar-refractivity contribution in [1.82, 2.24) is 0 Å². The largest absolute Gasteiger partial charge is 0.457 e. The number of pyridine rings is 1. The summed E-state index contributed by atoms with van der Waals surface area (Å²) < 4.78 is 15.0. The van der Waals surface area contributed by atoms with Crippen molar-refractivity contribution in [2.75, 3.05) is 0 Å². The topological polar surface area (TPSA) is 26.2 Å².